The molecule has 2 aromatic heterocycles. The van der Waals surface area contributed by atoms with Crippen LogP contribution in [-0.2, 0) is 4.79 Å². The van der Waals surface area contributed by atoms with Gasteiger partial charge in [-0.2, -0.15) is 0 Å². The van der Waals surface area contributed by atoms with Gasteiger partial charge in [0, 0.05) is 15.5 Å². The van der Waals surface area contributed by atoms with E-state index in [1.807, 2.05) is 0 Å². The Balaban J connectivity index is 2.19. The van der Waals surface area contributed by atoms with Crippen LogP contribution in [0.4, 0.5) is 0 Å². The molecule has 2 heterocycles. The van der Waals surface area contributed by atoms with Crippen molar-refractivity contribution < 1.29 is 24.9 Å². The maximum Gasteiger partial charge on any atom is 0.322 e. The van der Waals surface area contributed by atoms with Gasteiger partial charge in [-0.05, 0) is 18.2 Å². The van der Waals surface area contributed by atoms with Gasteiger partial charge in [0.05, 0.1) is 4.70 Å². The molecule has 3 rings (SSSR count). The predicted molar refractivity (Wildman–Crippen MR) is 85.4 cm³/mol. The van der Waals surface area contributed by atoms with E-state index < -0.39 is 18.4 Å². The largest absolute Gasteiger partial charge is 0.508 e. The number of aliphatic carboxylic acids is 1. The van der Waals surface area contributed by atoms with Crippen LogP contribution in [0.5, 0.6) is 11.5 Å². The van der Waals surface area contributed by atoms with Gasteiger partial charge in [-0.25, -0.2) is 4.98 Å². The number of carbonyl (C=O) groups excluding carboxylic acids is 1. The number of amides is 1. The van der Waals surface area contributed by atoms with Crippen molar-refractivity contribution >= 4 is 55.0 Å². The van der Waals surface area contributed by atoms with Gasteiger partial charge in [-0.3, -0.25) is 9.59 Å². The van der Waals surface area contributed by atoms with Crippen LogP contribution in [0.2, 0.25) is 5.15 Å². The summed E-state index contributed by atoms with van der Waals surface area (Å²) in [5.74, 6) is -2.38. The number of rotatable bonds is 3. The molecule has 0 fully saturated rings. The minimum absolute atomic E-state index is 0.00946. The van der Waals surface area contributed by atoms with E-state index in [1.54, 1.807) is 6.07 Å². The molecular formula is C14H9ClN2O5S. The molecule has 0 saturated heterocycles. The van der Waals surface area contributed by atoms with Crippen LogP contribution in [0.25, 0.3) is 20.2 Å². The molecule has 3 aromatic rings. The Hall–Kier alpha value is -2.58. The van der Waals surface area contributed by atoms with Crippen molar-refractivity contribution in [1.29, 1.82) is 0 Å². The molecule has 0 atom stereocenters. The summed E-state index contributed by atoms with van der Waals surface area (Å²) >= 11 is 7.27. The summed E-state index contributed by atoms with van der Waals surface area (Å²) in [6, 6.07) is 4.63. The molecule has 0 saturated carbocycles. The number of halogens is 1. The first-order valence-electron chi connectivity index (χ1n) is 6.32. The van der Waals surface area contributed by atoms with E-state index in [2.05, 4.69) is 10.3 Å². The Morgan fingerprint density at radius 3 is 2.74 bits per heavy atom. The van der Waals surface area contributed by atoms with Crippen molar-refractivity contribution in [3.8, 4) is 11.5 Å². The van der Waals surface area contributed by atoms with E-state index in [0.717, 1.165) is 11.3 Å². The molecule has 4 N–H and O–H groups in total. The first-order chi connectivity index (χ1) is 10.9. The van der Waals surface area contributed by atoms with Crippen LogP contribution in [0.1, 0.15) is 10.5 Å². The van der Waals surface area contributed by atoms with Crippen LogP contribution >= 0.6 is 22.9 Å². The number of thiophene rings is 1. The molecule has 0 aliphatic carbocycles. The summed E-state index contributed by atoms with van der Waals surface area (Å²) in [5, 5.41) is 31.7. The van der Waals surface area contributed by atoms with Crippen molar-refractivity contribution in [2.45, 2.75) is 0 Å². The second-order valence-corrected chi connectivity index (χ2v) is 6.07. The van der Waals surface area contributed by atoms with Gasteiger partial charge < -0.3 is 20.6 Å². The number of benzene rings is 1. The number of phenols is 1. The Morgan fingerprint density at radius 1 is 1.30 bits per heavy atom. The van der Waals surface area contributed by atoms with Gasteiger partial charge in [0.2, 0.25) is 0 Å². The third-order valence-corrected chi connectivity index (χ3v) is 4.58. The topological polar surface area (TPSA) is 120 Å². The molecule has 1 aromatic carbocycles. The maximum atomic E-state index is 11.9. The lowest BCUT2D eigenvalue weighted by molar-refractivity contribution is -0.135. The lowest BCUT2D eigenvalue weighted by Gasteiger charge is -2.06. The quantitative estimate of drug-likeness (QED) is 0.537. The molecule has 23 heavy (non-hydrogen) atoms. The highest BCUT2D eigenvalue weighted by molar-refractivity contribution is 7.26. The van der Waals surface area contributed by atoms with Crippen LogP contribution in [-0.4, -0.2) is 38.7 Å². The fourth-order valence-electron chi connectivity index (χ4n) is 2.17. The van der Waals surface area contributed by atoms with Gasteiger partial charge in [0.25, 0.3) is 5.91 Å². The van der Waals surface area contributed by atoms with E-state index in [1.165, 1.54) is 12.1 Å². The highest BCUT2D eigenvalue weighted by atomic mass is 35.5. The van der Waals surface area contributed by atoms with Gasteiger partial charge in [0.15, 0.2) is 11.4 Å². The van der Waals surface area contributed by atoms with Crippen LogP contribution in [0, 0.1) is 0 Å². The lowest BCUT2D eigenvalue weighted by atomic mass is 10.1. The van der Waals surface area contributed by atoms with Crippen molar-refractivity contribution in [2.75, 3.05) is 6.54 Å². The molecule has 0 spiro atoms. The second-order valence-electron chi connectivity index (χ2n) is 4.66. The summed E-state index contributed by atoms with van der Waals surface area (Å²) in [4.78, 5) is 26.3. The maximum absolute atomic E-state index is 11.9. The SMILES string of the molecule is O=C(O)CNC(=O)c1nc(Cl)c2c(sc3cc(O)ccc32)c1O. The van der Waals surface area contributed by atoms with Crippen molar-refractivity contribution in [3.05, 3.63) is 29.0 Å². The normalized spacial score (nSPS) is 11.0. The minimum atomic E-state index is -1.22. The third kappa shape index (κ3) is 2.62. The highest BCUT2D eigenvalue weighted by Gasteiger charge is 2.22. The summed E-state index contributed by atoms with van der Waals surface area (Å²) in [6.45, 7) is -0.601. The average molecular weight is 353 g/mol. The lowest BCUT2D eigenvalue weighted by Crippen LogP contribution is -2.30. The van der Waals surface area contributed by atoms with Crippen LogP contribution < -0.4 is 5.32 Å². The fourth-order valence-corrected chi connectivity index (χ4v) is 3.69. The summed E-state index contributed by atoms with van der Waals surface area (Å²) in [7, 11) is 0. The minimum Gasteiger partial charge on any atom is -0.508 e. The Bertz CT molecular complexity index is 969. The number of pyridine rings is 1. The number of hydrogen-bond acceptors (Lipinski definition) is 6. The van der Waals surface area contributed by atoms with Crippen LogP contribution in [0.3, 0.4) is 0 Å². The number of hydrogen-bond donors (Lipinski definition) is 4. The van der Waals surface area contributed by atoms with Crippen molar-refractivity contribution in [1.82, 2.24) is 10.3 Å². The molecular weight excluding hydrogens is 344 g/mol. The number of fused-ring (bicyclic) bond motifs is 3. The molecule has 0 radical (unpaired) electrons. The Morgan fingerprint density at radius 2 is 2.04 bits per heavy atom. The molecule has 0 aliphatic heterocycles. The van der Waals surface area contributed by atoms with Crippen molar-refractivity contribution in [3.63, 3.8) is 0 Å². The number of carboxylic acids is 1. The zero-order valence-corrected chi connectivity index (χ0v) is 12.9. The predicted octanol–water partition coefficient (Wildman–Crippen LogP) is 2.33. The summed E-state index contributed by atoms with van der Waals surface area (Å²) in [5.41, 5.74) is -0.348. The molecule has 1 amide bonds. The number of aromatic hydroxyl groups is 2. The monoisotopic (exact) mass is 352 g/mol. The van der Waals surface area contributed by atoms with E-state index in [0.29, 0.717) is 20.2 Å². The summed E-state index contributed by atoms with van der Waals surface area (Å²) in [6.07, 6.45) is 0. The second kappa shape index (κ2) is 5.56. The molecule has 0 bridgehead atoms. The van der Waals surface area contributed by atoms with Crippen LogP contribution in [0.15, 0.2) is 18.2 Å². The Kier molecular flexibility index (Phi) is 3.70. The fraction of sp³-hybridized carbons (Fsp3) is 0.0714. The Labute approximate surface area is 137 Å². The standard InChI is InChI=1S/C14H9ClN2O5S/c15-13-9-6-2-1-5(18)3-7(6)23-12(9)11(21)10(17-13)14(22)16-4-8(19)20/h1-3,18,21H,4H2,(H,16,22)(H,19,20). The summed E-state index contributed by atoms with van der Waals surface area (Å²) < 4.78 is 1.01. The molecule has 118 valence electrons. The van der Waals surface area contributed by atoms with Crippen molar-refractivity contribution in [2.24, 2.45) is 0 Å². The first kappa shape index (κ1) is 15.3. The number of aromatic nitrogens is 1. The average Bonchev–Trinajstić information content (AvgIpc) is 2.87. The van der Waals surface area contributed by atoms with E-state index in [9.17, 15) is 19.8 Å². The number of carbonyl (C=O) groups is 2. The number of phenolic OH excluding ortho intramolecular Hbond substituents is 1. The van der Waals surface area contributed by atoms with Gasteiger partial charge >= 0.3 is 5.97 Å². The number of nitrogens with one attached hydrogen (secondary N) is 1. The smallest absolute Gasteiger partial charge is 0.322 e. The highest BCUT2D eigenvalue weighted by Crippen LogP contribution is 2.43. The van der Waals surface area contributed by atoms with E-state index >= 15 is 0 Å². The van der Waals surface area contributed by atoms with E-state index in [-0.39, 0.29) is 22.3 Å². The molecule has 9 heteroatoms. The van der Waals surface area contributed by atoms with Gasteiger partial charge in [-0.15, -0.1) is 11.3 Å². The first-order valence-corrected chi connectivity index (χ1v) is 7.51. The third-order valence-electron chi connectivity index (χ3n) is 3.14. The van der Waals surface area contributed by atoms with Gasteiger partial charge in [-0.1, -0.05) is 11.6 Å². The molecule has 7 nitrogen and oxygen atoms in total. The van der Waals surface area contributed by atoms with E-state index in [4.69, 9.17) is 16.7 Å². The number of nitrogens with zero attached hydrogens (tertiary/aromatic N) is 1. The molecule has 0 aliphatic rings. The zero-order chi connectivity index (χ0) is 16.7. The zero-order valence-electron chi connectivity index (χ0n) is 11.3. The molecule has 0 unspecified atom stereocenters. The number of carboxylic acid groups (broad SMARTS) is 1. The van der Waals surface area contributed by atoms with Gasteiger partial charge in [0.1, 0.15) is 17.4 Å².